The van der Waals surface area contributed by atoms with E-state index in [2.05, 4.69) is 4.74 Å². The number of carbonyl (C=O) groups excluding carboxylic acids is 1. The molecule has 1 fully saturated rings. The summed E-state index contributed by atoms with van der Waals surface area (Å²) >= 11 is 0. The Morgan fingerprint density at radius 3 is 2.70 bits per heavy atom. The molecule has 1 aliphatic rings. The number of hydrogen-bond acceptors (Lipinski definition) is 6. The topological polar surface area (TPSA) is 98.9 Å². The fourth-order valence-corrected chi connectivity index (χ4v) is 4.49. The van der Waals surface area contributed by atoms with E-state index in [0.29, 0.717) is 6.54 Å². The summed E-state index contributed by atoms with van der Waals surface area (Å²) in [5.74, 6) is -0.414. The van der Waals surface area contributed by atoms with Crippen LogP contribution in [-0.2, 0) is 14.8 Å². The lowest BCUT2D eigenvalue weighted by Crippen LogP contribution is -2.47. The molecule has 0 aliphatic carbocycles. The molecule has 8 heteroatoms. The molecule has 0 bridgehead atoms. The van der Waals surface area contributed by atoms with Gasteiger partial charge in [-0.1, -0.05) is 6.42 Å². The van der Waals surface area contributed by atoms with Gasteiger partial charge in [0.05, 0.1) is 19.1 Å². The van der Waals surface area contributed by atoms with Crippen LogP contribution >= 0.6 is 0 Å². The molecule has 7 nitrogen and oxygen atoms in total. The summed E-state index contributed by atoms with van der Waals surface area (Å²) < 4.78 is 37.0. The molecule has 1 unspecified atom stereocenters. The summed E-state index contributed by atoms with van der Waals surface area (Å²) in [6.07, 6.45) is 2.54. The van der Waals surface area contributed by atoms with Gasteiger partial charge in [0.25, 0.3) is 0 Å². The number of methoxy groups -OCH3 is 2. The number of benzene rings is 1. The number of esters is 1. The van der Waals surface area contributed by atoms with Gasteiger partial charge in [-0.25, -0.2) is 13.2 Å². The van der Waals surface area contributed by atoms with Crippen molar-refractivity contribution in [1.29, 1.82) is 0 Å². The van der Waals surface area contributed by atoms with Gasteiger partial charge in [-0.3, -0.25) is 0 Å². The van der Waals surface area contributed by atoms with Crippen molar-refractivity contribution in [2.24, 2.45) is 5.73 Å². The average molecular weight is 342 g/mol. The van der Waals surface area contributed by atoms with Gasteiger partial charge in [-0.05, 0) is 25.0 Å². The van der Waals surface area contributed by atoms with E-state index in [1.165, 1.54) is 36.7 Å². The van der Waals surface area contributed by atoms with Crippen molar-refractivity contribution < 1.29 is 22.7 Å². The van der Waals surface area contributed by atoms with Gasteiger partial charge in [0.1, 0.15) is 11.3 Å². The molecule has 0 amide bonds. The highest BCUT2D eigenvalue weighted by atomic mass is 32.2. The molecular weight excluding hydrogens is 320 g/mol. The van der Waals surface area contributed by atoms with Crippen molar-refractivity contribution in [3.05, 3.63) is 23.8 Å². The molecule has 1 aliphatic heterocycles. The van der Waals surface area contributed by atoms with Crippen LogP contribution in [0.5, 0.6) is 5.75 Å². The molecule has 1 saturated heterocycles. The number of hydrogen-bond donors (Lipinski definition) is 1. The van der Waals surface area contributed by atoms with Crippen LogP contribution in [0.15, 0.2) is 23.1 Å². The first-order valence-electron chi connectivity index (χ1n) is 7.44. The quantitative estimate of drug-likeness (QED) is 0.801. The van der Waals surface area contributed by atoms with E-state index < -0.39 is 16.0 Å². The van der Waals surface area contributed by atoms with Gasteiger partial charge in [0, 0.05) is 25.2 Å². The zero-order valence-electron chi connectivity index (χ0n) is 13.3. The van der Waals surface area contributed by atoms with Gasteiger partial charge in [-0.15, -0.1) is 0 Å². The van der Waals surface area contributed by atoms with E-state index in [-0.39, 0.29) is 28.8 Å². The first-order chi connectivity index (χ1) is 11.0. The first-order valence-corrected chi connectivity index (χ1v) is 8.88. The van der Waals surface area contributed by atoms with E-state index in [9.17, 15) is 13.2 Å². The maximum atomic E-state index is 12.9. The Kier molecular flexibility index (Phi) is 5.61. The SMILES string of the molecule is COC(=O)c1ccc(S(=O)(=O)N2CCCCC2CN)cc1OC. The maximum absolute atomic E-state index is 12.9. The third-order valence-electron chi connectivity index (χ3n) is 4.03. The van der Waals surface area contributed by atoms with Gasteiger partial charge in [0.15, 0.2) is 0 Å². The number of rotatable bonds is 5. The van der Waals surface area contributed by atoms with E-state index in [1.807, 2.05) is 0 Å². The minimum Gasteiger partial charge on any atom is -0.496 e. The Morgan fingerprint density at radius 2 is 2.09 bits per heavy atom. The summed E-state index contributed by atoms with van der Waals surface area (Å²) in [5.41, 5.74) is 5.90. The summed E-state index contributed by atoms with van der Waals surface area (Å²) in [4.78, 5) is 11.8. The normalized spacial score (nSPS) is 19.3. The molecule has 1 aromatic rings. The Hall–Kier alpha value is -1.64. The summed E-state index contributed by atoms with van der Waals surface area (Å²) in [7, 11) is -1.05. The lowest BCUT2D eigenvalue weighted by Gasteiger charge is -2.33. The summed E-state index contributed by atoms with van der Waals surface area (Å²) in [6, 6.07) is 3.95. The number of nitrogens with two attached hydrogens (primary N) is 1. The van der Waals surface area contributed by atoms with E-state index in [4.69, 9.17) is 10.5 Å². The zero-order valence-corrected chi connectivity index (χ0v) is 14.1. The zero-order chi connectivity index (χ0) is 17.0. The highest BCUT2D eigenvalue weighted by molar-refractivity contribution is 7.89. The molecule has 0 spiro atoms. The second-order valence-electron chi connectivity index (χ2n) is 5.35. The van der Waals surface area contributed by atoms with Crippen LogP contribution in [0.1, 0.15) is 29.6 Å². The lowest BCUT2D eigenvalue weighted by molar-refractivity contribution is 0.0597. The molecule has 1 atom stereocenters. The number of piperidine rings is 1. The van der Waals surface area contributed by atoms with Crippen molar-refractivity contribution in [2.45, 2.75) is 30.2 Å². The van der Waals surface area contributed by atoms with Crippen molar-refractivity contribution >= 4 is 16.0 Å². The predicted molar refractivity (Wildman–Crippen MR) is 84.9 cm³/mol. The van der Waals surface area contributed by atoms with Crippen LogP contribution in [0.4, 0.5) is 0 Å². The number of ether oxygens (including phenoxy) is 2. The summed E-state index contributed by atoms with van der Waals surface area (Å²) in [6.45, 7) is 0.738. The third-order valence-corrected chi connectivity index (χ3v) is 5.98. The molecule has 1 heterocycles. The fourth-order valence-electron chi connectivity index (χ4n) is 2.77. The first kappa shape index (κ1) is 17.7. The van der Waals surface area contributed by atoms with E-state index in [1.54, 1.807) is 0 Å². The lowest BCUT2D eigenvalue weighted by atomic mass is 10.1. The van der Waals surface area contributed by atoms with Gasteiger partial charge in [0.2, 0.25) is 10.0 Å². The smallest absolute Gasteiger partial charge is 0.341 e. The van der Waals surface area contributed by atoms with Crippen LogP contribution in [-0.4, -0.2) is 52.0 Å². The average Bonchev–Trinajstić information content (AvgIpc) is 2.60. The van der Waals surface area contributed by atoms with Crippen LogP contribution in [0.3, 0.4) is 0 Å². The second-order valence-corrected chi connectivity index (χ2v) is 7.25. The molecule has 2 N–H and O–H groups in total. The van der Waals surface area contributed by atoms with Gasteiger partial charge in [-0.2, -0.15) is 4.31 Å². The molecular formula is C15H22N2O5S. The fraction of sp³-hybridized carbons (Fsp3) is 0.533. The number of carbonyl (C=O) groups is 1. The minimum absolute atomic E-state index is 0.0855. The monoisotopic (exact) mass is 342 g/mol. The number of nitrogens with zero attached hydrogens (tertiary/aromatic N) is 1. The van der Waals surface area contributed by atoms with Crippen LogP contribution in [0, 0.1) is 0 Å². The molecule has 0 saturated carbocycles. The van der Waals surface area contributed by atoms with E-state index in [0.717, 1.165) is 19.3 Å². The Balaban J connectivity index is 2.41. The Morgan fingerprint density at radius 1 is 1.35 bits per heavy atom. The van der Waals surface area contributed by atoms with Crippen molar-refractivity contribution in [1.82, 2.24) is 4.31 Å². The second kappa shape index (κ2) is 7.29. The Bertz CT molecular complexity index is 674. The highest BCUT2D eigenvalue weighted by Crippen LogP contribution is 2.29. The van der Waals surface area contributed by atoms with Crippen molar-refractivity contribution in [3.8, 4) is 5.75 Å². The van der Waals surface area contributed by atoms with Gasteiger partial charge >= 0.3 is 5.97 Å². The number of sulfonamides is 1. The molecule has 0 aromatic heterocycles. The van der Waals surface area contributed by atoms with Crippen molar-refractivity contribution in [3.63, 3.8) is 0 Å². The minimum atomic E-state index is -3.68. The molecule has 0 radical (unpaired) electrons. The van der Waals surface area contributed by atoms with Crippen LogP contribution in [0.2, 0.25) is 0 Å². The molecule has 23 heavy (non-hydrogen) atoms. The predicted octanol–water partition coefficient (Wildman–Crippen LogP) is 0.984. The van der Waals surface area contributed by atoms with Crippen molar-refractivity contribution in [2.75, 3.05) is 27.3 Å². The largest absolute Gasteiger partial charge is 0.496 e. The van der Waals surface area contributed by atoms with Gasteiger partial charge < -0.3 is 15.2 Å². The standard InChI is InChI=1S/C15H22N2O5S/c1-21-14-9-12(6-7-13(14)15(18)22-2)23(19,20)17-8-4-3-5-11(17)10-16/h6-7,9,11H,3-5,8,10,16H2,1-2H3. The maximum Gasteiger partial charge on any atom is 0.341 e. The van der Waals surface area contributed by atoms with Crippen LogP contribution < -0.4 is 10.5 Å². The molecule has 1 aromatic carbocycles. The molecule has 128 valence electrons. The highest BCUT2D eigenvalue weighted by Gasteiger charge is 2.33. The van der Waals surface area contributed by atoms with E-state index >= 15 is 0 Å². The van der Waals surface area contributed by atoms with Crippen LogP contribution in [0.25, 0.3) is 0 Å². The third kappa shape index (κ3) is 3.49. The molecule has 2 rings (SSSR count). The Labute approximate surface area is 136 Å². The summed E-state index contributed by atoms with van der Waals surface area (Å²) in [5, 5.41) is 0.